The Morgan fingerprint density at radius 2 is 2.18 bits per heavy atom. The normalized spacial score (nSPS) is 10.9. The van der Waals surface area contributed by atoms with E-state index in [0.29, 0.717) is 0 Å². The lowest BCUT2D eigenvalue weighted by Gasteiger charge is -2.00. The van der Waals surface area contributed by atoms with Crippen LogP contribution in [-0.2, 0) is 6.54 Å². The number of anilines is 1. The number of nitrogens with zero attached hydrogens (tertiary/aromatic N) is 2. The topological polar surface area (TPSA) is 37.8 Å². The Bertz CT molecular complexity index is 642. The number of benzene rings is 1. The van der Waals surface area contributed by atoms with Crippen molar-refractivity contribution in [2.45, 2.75) is 13.5 Å². The van der Waals surface area contributed by atoms with Crippen LogP contribution in [0.1, 0.15) is 9.88 Å². The van der Waals surface area contributed by atoms with Crippen LogP contribution in [0.3, 0.4) is 0 Å². The van der Waals surface area contributed by atoms with Crippen LogP contribution >= 0.6 is 22.9 Å². The fraction of sp³-hybridized carbons (Fsp3) is 0.167. The van der Waals surface area contributed by atoms with Crippen molar-refractivity contribution >= 4 is 38.8 Å². The number of hydrogen-bond acceptors (Lipinski definition) is 5. The highest BCUT2D eigenvalue weighted by atomic mass is 32.1. The molecular formula is C12H11N3S2. The van der Waals surface area contributed by atoms with Gasteiger partial charge in [0.1, 0.15) is 10.0 Å². The van der Waals surface area contributed by atoms with Crippen LogP contribution in [0.15, 0.2) is 30.5 Å². The lowest BCUT2D eigenvalue weighted by atomic mass is 10.2. The lowest BCUT2D eigenvalue weighted by Crippen LogP contribution is -1.96. The Kier molecular flexibility index (Phi) is 2.78. The molecule has 1 aromatic carbocycles. The third-order valence-corrected chi connectivity index (χ3v) is 4.20. The number of aromatic nitrogens is 2. The van der Waals surface area contributed by atoms with Crippen molar-refractivity contribution in [2.75, 3.05) is 5.32 Å². The molecule has 2 aromatic heterocycles. The maximum Gasteiger partial charge on any atom is 0.117 e. The standard InChI is InChI=1S/C12H11N3S2/c1-8-6-13-11(16-8)7-14-12-9-4-2-3-5-10(9)15-17-12/h2-6,14H,7H2,1H3. The minimum Gasteiger partial charge on any atom is -0.369 e. The van der Waals surface area contributed by atoms with Crippen molar-refractivity contribution in [1.29, 1.82) is 0 Å². The molecule has 0 atom stereocenters. The zero-order valence-electron chi connectivity index (χ0n) is 9.30. The van der Waals surface area contributed by atoms with Crippen LogP contribution < -0.4 is 5.32 Å². The second-order valence-corrected chi connectivity index (χ2v) is 5.84. The molecular weight excluding hydrogens is 250 g/mol. The molecule has 0 saturated carbocycles. The first-order valence-electron chi connectivity index (χ1n) is 5.32. The van der Waals surface area contributed by atoms with E-state index in [1.54, 1.807) is 11.3 Å². The molecule has 5 heteroatoms. The molecule has 0 aliphatic carbocycles. The van der Waals surface area contributed by atoms with Crippen LogP contribution in [0.25, 0.3) is 10.9 Å². The van der Waals surface area contributed by atoms with Gasteiger partial charge >= 0.3 is 0 Å². The summed E-state index contributed by atoms with van der Waals surface area (Å²) in [5.74, 6) is 0. The summed E-state index contributed by atoms with van der Waals surface area (Å²) in [6.07, 6.45) is 1.91. The molecule has 0 saturated heterocycles. The second-order valence-electron chi connectivity index (χ2n) is 3.75. The van der Waals surface area contributed by atoms with Crippen molar-refractivity contribution in [3.8, 4) is 0 Å². The molecule has 0 bridgehead atoms. The maximum atomic E-state index is 4.40. The van der Waals surface area contributed by atoms with Gasteiger partial charge in [-0.2, -0.15) is 4.37 Å². The minimum atomic E-state index is 0.769. The first-order chi connectivity index (χ1) is 8.33. The zero-order chi connectivity index (χ0) is 11.7. The fourth-order valence-electron chi connectivity index (χ4n) is 1.66. The molecule has 3 nitrogen and oxygen atoms in total. The van der Waals surface area contributed by atoms with Gasteiger partial charge in [0.05, 0.1) is 12.1 Å². The monoisotopic (exact) mass is 261 g/mol. The van der Waals surface area contributed by atoms with Crippen LogP contribution in [0.2, 0.25) is 0 Å². The summed E-state index contributed by atoms with van der Waals surface area (Å²) < 4.78 is 4.40. The molecule has 17 heavy (non-hydrogen) atoms. The number of nitrogens with one attached hydrogen (secondary N) is 1. The van der Waals surface area contributed by atoms with Crippen molar-refractivity contribution in [3.05, 3.63) is 40.3 Å². The van der Waals surface area contributed by atoms with E-state index < -0.39 is 0 Å². The predicted octanol–water partition coefficient (Wildman–Crippen LogP) is 3.67. The molecule has 0 aliphatic heterocycles. The van der Waals surface area contributed by atoms with Gasteiger partial charge in [-0.1, -0.05) is 12.1 Å². The van der Waals surface area contributed by atoms with Gasteiger partial charge < -0.3 is 5.32 Å². The van der Waals surface area contributed by atoms with E-state index in [2.05, 4.69) is 27.7 Å². The quantitative estimate of drug-likeness (QED) is 0.781. The van der Waals surface area contributed by atoms with E-state index in [9.17, 15) is 0 Å². The molecule has 86 valence electrons. The van der Waals surface area contributed by atoms with Crippen LogP contribution in [0, 0.1) is 6.92 Å². The fourth-order valence-corrected chi connectivity index (χ4v) is 3.14. The summed E-state index contributed by atoms with van der Waals surface area (Å²) in [6.45, 7) is 2.84. The summed E-state index contributed by atoms with van der Waals surface area (Å²) >= 11 is 3.23. The predicted molar refractivity (Wildman–Crippen MR) is 73.8 cm³/mol. The van der Waals surface area contributed by atoms with Crippen LogP contribution in [0.4, 0.5) is 5.00 Å². The Hall–Kier alpha value is -1.46. The summed E-state index contributed by atoms with van der Waals surface area (Å²) in [5, 5.41) is 6.82. The van der Waals surface area contributed by atoms with E-state index in [4.69, 9.17) is 0 Å². The molecule has 1 N–H and O–H groups in total. The largest absolute Gasteiger partial charge is 0.369 e. The number of rotatable bonds is 3. The third kappa shape index (κ3) is 2.16. The zero-order valence-corrected chi connectivity index (χ0v) is 10.9. The Morgan fingerprint density at radius 3 is 3.00 bits per heavy atom. The van der Waals surface area contributed by atoms with E-state index in [1.807, 2.05) is 24.4 Å². The molecule has 0 fully saturated rings. The van der Waals surface area contributed by atoms with E-state index in [1.165, 1.54) is 21.8 Å². The summed E-state index contributed by atoms with van der Waals surface area (Å²) in [6, 6.07) is 8.17. The Balaban J connectivity index is 1.81. The van der Waals surface area contributed by atoms with Gasteiger partial charge in [-0.15, -0.1) is 11.3 Å². The van der Waals surface area contributed by atoms with E-state index in [-0.39, 0.29) is 0 Å². The van der Waals surface area contributed by atoms with E-state index in [0.717, 1.165) is 22.1 Å². The van der Waals surface area contributed by atoms with Gasteiger partial charge in [-0.3, -0.25) is 0 Å². The molecule has 3 aromatic rings. The van der Waals surface area contributed by atoms with Crippen LogP contribution in [-0.4, -0.2) is 9.36 Å². The molecule has 0 radical (unpaired) electrons. The number of hydrogen-bond donors (Lipinski definition) is 1. The highest BCUT2D eigenvalue weighted by Gasteiger charge is 2.05. The van der Waals surface area contributed by atoms with E-state index >= 15 is 0 Å². The number of aryl methyl sites for hydroxylation is 1. The van der Waals surface area contributed by atoms with Gasteiger partial charge in [0, 0.05) is 16.5 Å². The average molecular weight is 261 g/mol. The average Bonchev–Trinajstić information content (AvgIpc) is 2.93. The molecule has 0 amide bonds. The Labute approximate surface area is 107 Å². The van der Waals surface area contributed by atoms with Crippen molar-refractivity contribution in [1.82, 2.24) is 9.36 Å². The first-order valence-corrected chi connectivity index (χ1v) is 6.91. The molecule has 2 heterocycles. The van der Waals surface area contributed by atoms with Crippen molar-refractivity contribution < 1.29 is 0 Å². The second kappa shape index (κ2) is 4.43. The lowest BCUT2D eigenvalue weighted by molar-refractivity contribution is 1.11. The molecule has 0 spiro atoms. The Morgan fingerprint density at radius 1 is 1.29 bits per heavy atom. The van der Waals surface area contributed by atoms with Gasteiger partial charge in [0.15, 0.2) is 0 Å². The summed E-state index contributed by atoms with van der Waals surface area (Å²) in [5.41, 5.74) is 1.05. The number of thiazole rings is 1. The van der Waals surface area contributed by atoms with Gasteiger partial charge in [-0.05, 0) is 30.6 Å². The van der Waals surface area contributed by atoms with Gasteiger partial charge in [-0.25, -0.2) is 4.98 Å². The molecule has 3 rings (SSSR count). The maximum absolute atomic E-state index is 4.40. The van der Waals surface area contributed by atoms with Crippen molar-refractivity contribution in [3.63, 3.8) is 0 Å². The van der Waals surface area contributed by atoms with Gasteiger partial charge in [0.25, 0.3) is 0 Å². The minimum absolute atomic E-state index is 0.769. The SMILES string of the molecule is Cc1cnc(CNc2snc3ccccc23)s1. The summed E-state index contributed by atoms with van der Waals surface area (Å²) in [4.78, 5) is 5.58. The first kappa shape index (κ1) is 10.7. The van der Waals surface area contributed by atoms with Gasteiger partial charge in [0.2, 0.25) is 0 Å². The molecule has 0 unspecified atom stereocenters. The number of fused-ring (bicyclic) bond motifs is 1. The van der Waals surface area contributed by atoms with Crippen molar-refractivity contribution in [2.24, 2.45) is 0 Å². The highest BCUT2D eigenvalue weighted by molar-refractivity contribution is 7.12. The molecule has 0 aliphatic rings. The highest BCUT2D eigenvalue weighted by Crippen LogP contribution is 2.27. The third-order valence-electron chi connectivity index (χ3n) is 2.45. The summed E-state index contributed by atoms with van der Waals surface area (Å²) in [7, 11) is 0. The van der Waals surface area contributed by atoms with Crippen LogP contribution in [0.5, 0.6) is 0 Å². The smallest absolute Gasteiger partial charge is 0.117 e.